The number of hydrogen-bond acceptors (Lipinski definition) is 4. The summed E-state index contributed by atoms with van der Waals surface area (Å²) in [5.74, 6) is 0.0254. The van der Waals surface area contributed by atoms with Crippen LogP contribution >= 0.6 is 0 Å². The van der Waals surface area contributed by atoms with E-state index in [1.807, 2.05) is 23.1 Å². The zero-order valence-corrected chi connectivity index (χ0v) is 14.6. The number of rotatable bonds is 4. The Kier molecular flexibility index (Phi) is 5.23. The fourth-order valence-electron chi connectivity index (χ4n) is 3.79. The summed E-state index contributed by atoms with van der Waals surface area (Å²) in [6.45, 7) is 7.15. The van der Waals surface area contributed by atoms with E-state index in [0.29, 0.717) is 19.7 Å². The maximum absolute atomic E-state index is 12.9. The SMILES string of the molecule is CC(C)(O)C1CCCN1C(=O)C1CN(Cc2ccccc2)CCO1. The van der Waals surface area contributed by atoms with Crippen LogP contribution in [0.5, 0.6) is 0 Å². The second-order valence-corrected chi connectivity index (χ2v) is 7.42. The van der Waals surface area contributed by atoms with E-state index in [9.17, 15) is 9.90 Å². The van der Waals surface area contributed by atoms with Gasteiger partial charge in [0, 0.05) is 26.2 Å². The van der Waals surface area contributed by atoms with Gasteiger partial charge in [-0.3, -0.25) is 9.69 Å². The summed E-state index contributed by atoms with van der Waals surface area (Å²) >= 11 is 0. The third kappa shape index (κ3) is 3.97. The summed E-state index contributed by atoms with van der Waals surface area (Å²) in [6.07, 6.45) is 1.38. The Hall–Kier alpha value is -1.43. The van der Waals surface area contributed by atoms with Crippen LogP contribution in [0, 0.1) is 0 Å². The number of aliphatic hydroxyl groups is 1. The second-order valence-electron chi connectivity index (χ2n) is 7.42. The summed E-state index contributed by atoms with van der Waals surface area (Å²) < 4.78 is 5.77. The van der Waals surface area contributed by atoms with Gasteiger partial charge in [-0.25, -0.2) is 0 Å². The first kappa shape index (κ1) is 17.4. The highest BCUT2D eigenvalue weighted by atomic mass is 16.5. The molecule has 2 aliphatic heterocycles. The first-order valence-corrected chi connectivity index (χ1v) is 8.86. The molecule has 5 nitrogen and oxygen atoms in total. The van der Waals surface area contributed by atoms with Gasteiger partial charge in [0.05, 0.1) is 18.2 Å². The molecule has 2 saturated heterocycles. The van der Waals surface area contributed by atoms with Crippen LogP contribution in [0.4, 0.5) is 0 Å². The Bertz CT molecular complexity index is 555. The predicted octanol–water partition coefficient (Wildman–Crippen LogP) is 1.65. The van der Waals surface area contributed by atoms with Gasteiger partial charge in [0.1, 0.15) is 6.10 Å². The van der Waals surface area contributed by atoms with Crippen molar-refractivity contribution < 1.29 is 14.6 Å². The Morgan fingerprint density at radius 2 is 2.04 bits per heavy atom. The first-order valence-electron chi connectivity index (χ1n) is 8.86. The topological polar surface area (TPSA) is 53.0 Å². The second kappa shape index (κ2) is 7.21. The Balaban J connectivity index is 1.63. The molecule has 0 saturated carbocycles. The summed E-state index contributed by atoms with van der Waals surface area (Å²) in [4.78, 5) is 17.0. The minimum Gasteiger partial charge on any atom is -0.388 e. The van der Waals surface area contributed by atoms with Crippen molar-refractivity contribution in [2.75, 3.05) is 26.2 Å². The number of carbonyl (C=O) groups is 1. The van der Waals surface area contributed by atoms with Gasteiger partial charge >= 0.3 is 0 Å². The lowest BCUT2D eigenvalue weighted by atomic mass is 9.96. The van der Waals surface area contributed by atoms with Gasteiger partial charge in [0.2, 0.25) is 0 Å². The smallest absolute Gasteiger partial charge is 0.253 e. The van der Waals surface area contributed by atoms with Crippen LogP contribution in [0.25, 0.3) is 0 Å². The maximum Gasteiger partial charge on any atom is 0.253 e. The van der Waals surface area contributed by atoms with Crippen molar-refractivity contribution in [1.29, 1.82) is 0 Å². The molecule has 1 amide bonds. The number of likely N-dealkylation sites (tertiary alicyclic amines) is 1. The van der Waals surface area contributed by atoms with Crippen molar-refractivity contribution >= 4 is 5.91 Å². The van der Waals surface area contributed by atoms with Crippen LogP contribution in [0.3, 0.4) is 0 Å². The lowest BCUT2D eigenvalue weighted by molar-refractivity contribution is -0.154. The minimum atomic E-state index is -0.870. The van der Waals surface area contributed by atoms with Crippen LogP contribution < -0.4 is 0 Å². The number of amides is 1. The van der Waals surface area contributed by atoms with Crippen molar-refractivity contribution in [1.82, 2.24) is 9.80 Å². The Morgan fingerprint density at radius 3 is 2.75 bits per heavy atom. The summed E-state index contributed by atoms with van der Waals surface area (Å²) in [5, 5.41) is 10.3. The van der Waals surface area contributed by atoms with E-state index < -0.39 is 11.7 Å². The fraction of sp³-hybridized carbons (Fsp3) is 0.632. The minimum absolute atomic E-state index is 0.0254. The predicted molar refractivity (Wildman–Crippen MR) is 92.5 cm³/mol. The lowest BCUT2D eigenvalue weighted by Crippen LogP contribution is -2.55. The molecular formula is C19H28N2O3. The summed E-state index contributed by atoms with van der Waals surface area (Å²) in [7, 11) is 0. The van der Waals surface area contributed by atoms with E-state index in [1.54, 1.807) is 13.8 Å². The molecule has 5 heteroatoms. The van der Waals surface area contributed by atoms with Gasteiger partial charge in [-0.1, -0.05) is 30.3 Å². The number of morpholine rings is 1. The molecule has 0 spiro atoms. The van der Waals surface area contributed by atoms with Gasteiger partial charge in [-0.2, -0.15) is 0 Å². The highest BCUT2D eigenvalue weighted by Gasteiger charge is 2.41. The monoisotopic (exact) mass is 332 g/mol. The molecule has 1 aromatic rings. The third-order valence-electron chi connectivity index (χ3n) is 5.03. The molecule has 1 N–H and O–H groups in total. The van der Waals surface area contributed by atoms with E-state index >= 15 is 0 Å². The molecule has 0 radical (unpaired) electrons. The highest BCUT2D eigenvalue weighted by Crippen LogP contribution is 2.28. The van der Waals surface area contributed by atoms with Crippen LogP contribution in [0.1, 0.15) is 32.3 Å². The molecule has 2 atom stereocenters. The van der Waals surface area contributed by atoms with Gasteiger partial charge < -0.3 is 14.7 Å². The third-order valence-corrected chi connectivity index (χ3v) is 5.03. The van der Waals surface area contributed by atoms with Gasteiger partial charge in [-0.15, -0.1) is 0 Å². The van der Waals surface area contributed by atoms with Crippen LogP contribution in [0.2, 0.25) is 0 Å². The summed E-state index contributed by atoms with van der Waals surface area (Å²) in [6, 6.07) is 10.2. The molecule has 24 heavy (non-hydrogen) atoms. The molecular weight excluding hydrogens is 304 g/mol. The van der Waals surface area contributed by atoms with Crippen molar-refractivity contribution in [3.05, 3.63) is 35.9 Å². The molecule has 2 heterocycles. The molecule has 132 valence electrons. The fourth-order valence-corrected chi connectivity index (χ4v) is 3.79. The van der Waals surface area contributed by atoms with Crippen LogP contribution in [0.15, 0.2) is 30.3 Å². The van der Waals surface area contributed by atoms with Crippen molar-refractivity contribution in [2.45, 2.75) is 51.0 Å². The van der Waals surface area contributed by atoms with Crippen molar-refractivity contribution in [3.63, 3.8) is 0 Å². The number of carbonyl (C=O) groups excluding carboxylic acids is 1. The Morgan fingerprint density at radius 1 is 1.29 bits per heavy atom. The zero-order valence-electron chi connectivity index (χ0n) is 14.6. The number of benzene rings is 1. The molecule has 2 unspecified atom stereocenters. The molecule has 1 aromatic carbocycles. The van der Waals surface area contributed by atoms with E-state index in [-0.39, 0.29) is 11.9 Å². The van der Waals surface area contributed by atoms with E-state index in [2.05, 4.69) is 17.0 Å². The average molecular weight is 332 g/mol. The van der Waals surface area contributed by atoms with Gasteiger partial charge in [0.25, 0.3) is 5.91 Å². The number of ether oxygens (including phenoxy) is 1. The van der Waals surface area contributed by atoms with Gasteiger partial charge in [0.15, 0.2) is 0 Å². The zero-order chi connectivity index (χ0) is 17.2. The van der Waals surface area contributed by atoms with E-state index in [0.717, 1.165) is 25.9 Å². The van der Waals surface area contributed by atoms with Gasteiger partial charge in [-0.05, 0) is 32.3 Å². The lowest BCUT2D eigenvalue weighted by Gasteiger charge is -2.38. The summed E-state index contributed by atoms with van der Waals surface area (Å²) in [5.41, 5.74) is 0.381. The van der Waals surface area contributed by atoms with Crippen molar-refractivity contribution in [3.8, 4) is 0 Å². The van der Waals surface area contributed by atoms with Crippen LogP contribution in [-0.4, -0.2) is 64.8 Å². The Labute approximate surface area is 144 Å². The quantitative estimate of drug-likeness (QED) is 0.911. The van der Waals surface area contributed by atoms with Crippen molar-refractivity contribution in [2.24, 2.45) is 0 Å². The largest absolute Gasteiger partial charge is 0.388 e. The molecule has 2 aliphatic rings. The molecule has 2 fully saturated rings. The van der Waals surface area contributed by atoms with E-state index in [1.165, 1.54) is 5.56 Å². The number of hydrogen-bond donors (Lipinski definition) is 1. The highest BCUT2D eigenvalue weighted by molar-refractivity contribution is 5.82. The molecule has 0 aliphatic carbocycles. The van der Waals surface area contributed by atoms with Crippen LogP contribution in [-0.2, 0) is 16.1 Å². The molecule has 0 aromatic heterocycles. The molecule has 0 bridgehead atoms. The standard InChI is InChI=1S/C19H28N2O3/c1-19(2,23)17-9-6-10-21(17)18(22)16-14-20(11-12-24-16)13-15-7-4-3-5-8-15/h3-5,7-8,16-17,23H,6,9-14H2,1-2H3. The average Bonchev–Trinajstić information content (AvgIpc) is 3.05. The maximum atomic E-state index is 12.9. The molecule has 3 rings (SSSR count). The first-order chi connectivity index (χ1) is 11.4. The normalized spacial score (nSPS) is 25.9. The number of nitrogens with zero attached hydrogens (tertiary/aromatic N) is 2. The van der Waals surface area contributed by atoms with E-state index in [4.69, 9.17) is 4.74 Å².